The highest BCUT2D eigenvalue weighted by atomic mass is 16.6. The number of carbonyl (C=O) groups excluding carboxylic acids is 1. The highest BCUT2D eigenvalue weighted by Gasteiger charge is 2.42. The van der Waals surface area contributed by atoms with Gasteiger partial charge in [-0.25, -0.2) is 4.79 Å². The summed E-state index contributed by atoms with van der Waals surface area (Å²) in [5.74, 6) is 2.74. The second-order valence-corrected chi connectivity index (χ2v) is 7.97. The molecule has 0 aromatic heterocycles. The molecule has 0 saturated carbocycles. The number of terminal acetylenes is 1. The molecule has 2 heterocycles. The number of amides is 1. The number of hydrogen-bond acceptors (Lipinski definition) is 2. The van der Waals surface area contributed by atoms with Crippen molar-refractivity contribution in [2.75, 3.05) is 6.61 Å². The topological polar surface area (TPSA) is 29.5 Å². The lowest BCUT2D eigenvalue weighted by molar-refractivity contribution is 0.0754. The van der Waals surface area contributed by atoms with E-state index in [1.165, 1.54) is 27.8 Å². The summed E-state index contributed by atoms with van der Waals surface area (Å²) in [6.07, 6.45) is 11.0. The summed E-state index contributed by atoms with van der Waals surface area (Å²) in [4.78, 5) is 14.9. The second-order valence-electron chi connectivity index (χ2n) is 7.97. The van der Waals surface area contributed by atoms with E-state index >= 15 is 0 Å². The molecule has 0 radical (unpaired) electrons. The van der Waals surface area contributed by atoms with Crippen LogP contribution in [0.25, 0.3) is 11.1 Å². The van der Waals surface area contributed by atoms with Crippen molar-refractivity contribution in [1.29, 1.82) is 0 Å². The first-order valence-electron chi connectivity index (χ1n) is 10.0. The van der Waals surface area contributed by atoms with Gasteiger partial charge in [-0.15, -0.1) is 6.42 Å². The van der Waals surface area contributed by atoms with Gasteiger partial charge in [0.1, 0.15) is 6.61 Å². The number of fused-ring (bicyclic) bond motifs is 5. The molecule has 2 unspecified atom stereocenters. The van der Waals surface area contributed by atoms with Crippen LogP contribution in [0.15, 0.2) is 60.2 Å². The van der Waals surface area contributed by atoms with Crippen molar-refractivity contribution in [2.24, 2.45) is 0 Å². The Labute approximate surface area is 166 Å². The average Bonchev–Trinajstić information content (AvgIpc) is 3.18. The number of piperidine rings is 1. The molecule has 2 bridgehead atoms. The van der Waals surface area contributed by atoms with E-state index in [9.17, 15) is 4.79 Å². The highest BCUT2D eigenvalue weighted by Crippen LogP contribution is 2.45. The van der Waals surface area contributed by atoms with Gasteiger partial charge in [-0.2, -0.15) is 0 Å². The summed E-state index contributed by atoms with van der Waals surface area (Å²) in [7, 11) is 0. The van der Waals surface area contributed by atoms with E-state index in [1.54, 1.807) is 0 Å². The Kier molecular flexibility index (Phi) is 4.20. The summed E-state index contributed by atoms with van der Waals surface area (Å²) in [5.41, 5.74) is 6.29. The van der Waals surface area contributed by atoms with Crippen LogP contribution in [0.2, 0.25) is 0 Å². The smallest absolute Gasteiger partial charge is 0.410 e. The highest BCUT2D eigenvalue weighted by molar-refractivity contribution is 5.79. The van der Waals surface area contributed by atoms with Crippen molar-refractivity contribution in [2.45, 2.75) is 43.7 Å². The largest absolute Gasteiger partial charge is 0.448 e. The van der Waals surface area contributed by atoms with Gasteiger partial charge in [0.25, 0.3) is 0 Å². The van der Waals surface area contributed by atoms with Gasteiger partial charge in [-0.3, -0.25) is 0 Å². The van der Waals surface area contributed by atoms with E-state index in [0.29, 0.717) is 6.61 Å². The van der Waals surface area contributed by atoms with Gasteiger partial charge in [0, 0.05) is 18.0 Å². The molecule has 3 nitrogen and oxygen atoms in total. The summed E-state index contributed by atoms with van der Waals surface area (Å²) in [6.45, 7) is 0.385. The third kappa shape index (κ3) is 2.72. The number of allylic oxidation sites excluding steroid dienone is 1. The number of rotatable bonds is 2. The zero-order valence-corrected chi connectivity index (χ0v) is 15.8. The minimum absolute atomic E-state index is 0.107. The Morgan fingerprint density at radius 1 is 1.04 bits per heavy atom. The zero-order valence-electron chi connectivity index (χ0n) is 15.8. The van der Waals surface area contributed by atoms with Crippen molar-refractivity contribution in [3.63, 3.8) is 0 Å². The van der Waals surface area contributed by atoms with Crippen LogP contribution < -0.4 is 0 Å². The summed E-state index contributed by atoms with van der Waals surface area (Å²) in [5, 5.41) is 0. The zero-order chi connectivity index (χ0) is 19.1. The van der Waals surface area contributed by atoms with Gasteiger partial charge in [-0.1, -0.05) is 60.0 Å². The first-order valence-corrected chi connectivity index (χ1v) is 10.0. The molecular formula is C25H23NO2. The minimum atomic E-state index is -0.172. The molecule has 2 aliphatic heterocycles. The molecule has 140 valence electrons. The van der Waals surface area contributed by atoms with E-state index in [4.69, 9.17) is 11.2 Å². The Bertz CT molecular complexity index is 938. The lowest BCUT2D eigenvalue weighted by Gasteiger charge is -2.35. The average molecular weight is 369 g/mol. The third-order valence-electron chi connectivity index (χ3n) is 6.45. The van der Waals surface area contributed by atoms with Gasteiger partial charge < -0.3 is 9.64 Å². The van der Waals surface area contributed by atoms with Crippen LogP contribution in [0.5, 0.6) is 0 Å². The lowest BCUT2D eigenvalue weighted by Crippen LogP contribution is -2.45. The quantitative estimate of drug-likeness (QED) is 0.688. The predicted molar refractivity (Wildman–Crippen MR) is 110 cm³/mol. The normalized spacial score (nSPS) is 22.4. The van der Waals surface area contributed by atoms with Crippen molar-refractivity contribution in [1.82, 2.24) is 4.90 Å². The molecule has 2 fully saturated rings. The molecule has 5 rings (SSSR count). The van der Waals surface area contributed by atoms with Gasteiger partial charge in [-0.05, 0) is 54.0 Å². The minimum Gasteiger partial charge on any atom is -0.448 e. The standard InChI is InChI=1S/C25H23NO2/c1-2-7-17-14-18-12-13-19(15-17)26(18)25(27)28-16-24-22-10-5-3-8-20(22)21-9-4-6-11-23(21)24/h1,3-11,18-19,24H,12-16H2. The van der Waals surface area contributed by atoms with E-state index in [-0.39, 0.29) is 24.1 Å². The molecule has 2 saturated heterocycles. The SMILES string of the molecule is C#CC=C1CC2CCC(C1)N2C(=O)OCC1c2ccccc2-c2ccccc21. The number of carbonyl (C=O) groups is 1. The van der Waals surface area contributed by atoms with Crippen LogP contribution >= 0.6 is 0 Å². The van der Waals surface area contributed by atoms with Gasteiger partial charge in [0.05, 0.1) is 0 Å². The molecule has 0 spiro atoms. The Hall–Kier alpha value is -2.99. The molecule has 2 aromatic rings. The lowest BCUT2D eigenvalue weighted by atomic mass is 9.97. The van der Waals surface area contributed by atoms with Crippen molar-refractivity contribution >= 4 is 6.09 Å². The van der Waals surface area contributed by atoms with Crippen LogP contribution in [-0.4, -0.2) is 29.7 Å². The number of hydrogen-bond donors (Lipinski definition) is 0. The predicted octanol–water partition coefficient (Wildman–Crippen LogP) is 5.12. The number of ether oxygens (including phenoxy) is 1. The fraction of sp³-hybridized carbons (Fsp3) is 0.320. The monoisotopic (exact) mass is 369 g/mol. The van der Waals surface area contributed by atoms with Crippen LogP contribution in [0.1, 0.15) is 42.7 Å². The molecule has 1 amide bonds. The Morgan fingerprint density at radius 3 is 2.18 bits per heavy atom. The molecule has 2 aromatic carbocycles. The van der Waals surface area contributed by atoms with Gasteiger partial charge in [0.15, 0.2) is 0 Å². The fourth-order valence-corrected chi connectivity index (χ4v) is 5.25. The van der Waals surface area contributed by atoms with Crippen LogP contribution in [0.3, 0.4) is 0 Å². The molecule has 28 heavy (non-hydrogen) atoms. The Morgan fingerprint density at radius 2 is 1.61 bits per heavy atom. The fourth-order valence-electron chi connectivity index (χ4n) is 5.25. The summed E-state index contributed by atoms with van der Waals surface area (Å²) in [6, 6.07) is 17.3. The number of nitrogens with zero attached hydrogens (tertiary/aromatic N) is 1. The van der Waals surface area contributed by atoms with Crippen LogP contribution in [0, 0.1) is 12.3 Å². The van der Waals surface area contributed by atoms with Crippen molar-refractivity contribution in [3.05, 3.63) is 71.3 Å². The molecule has 1 aliphatic carbocycles. The summed E-state index contributed by atoms with van der Waals surface area (Å²) < 4.78 is 5.88. The van der Waals surface area contributed by atoms with Crippen LogP contribution in [0.4, 0.5) is 4.79 Å². The van der Waals surface area contributed by atoms with Gasteiger partial charge >= 0.3 is 6.09 Å². The third-order valence-corrected chi connectivity index (χ3v) is 6.45. The second kappa shape index (κ2) is 6.87. The molecule has 3 heteroatoms. The summed E-state index contributed by atoms with van der Waals surface area (Å²) >= 11 is 0. The van der Waals surface area contributed by atoms with E-state index in [1.807, 2.05) is 11.0 Å². The maximum Gasteiger partial charge on any atom is 0.410 e. The molecule has 3 aliphatic rings. The van der Waals surface area contributed by atoms with E-state index in [2.05, 4.69) is 54.5 Å². The van der Waals surface area contributed by atoms with Crippen LogP contribution in [-0.2, 0) is 4.74 Å². The van der Waals surface area contributed by atoms with Gasteiger partial charge in [0.2, 0.25) is 0 Å². The first-order chi connectivity index (χ1) is 13.8. The number of benzene rings is 2. The van der Waals surface area contributed by atoms with Crippen molar-refractivity contribution in [3.8, 4) is 23.5 Å². The first kappa shape index (κ1) is 17.1. The Balaban J connectivity index is 1.33. The van der Waals surface area contributed by atoms with E-state index < -0.39 is 0 Å². The molecular weight excluding hydrogens is 346 g/mol. The van der Waals surface area contributed by atoms with E-state index in [0.717, 1.165) is 25.7 Å². The molecule has 2 atom stereocenters. The van der Waals surface area contributed by atoms with Crippen molar-refractivity contribution < 1.29 is 9.53 Å². The molecule has 0 N–H and O–H groups in total. The maximum absolute atomic E-state index is 12.9. The maximum atomic E-state index is 12.9.